The molecule has 3 aromatic rings. The third-order valence-electron chi connectivity index (χ3n) is 4.21. The highest BCUT2D eigenvalue weighted by molar-refractivity contribution is 7.98. The number of benzene rings is 2. The third kappa shape index (κ3) is 4.74. The van der Waals surface area contributed by atoms with Crippen LogP contribution in [0.1, 0.15) is 43.1 Å². The SMILES string of the molecule is CCCCCc1nc(SCc2ccc(-c3ccccc3C#N)cc2)n[nH]1. The molecule has 0 atom stereocenters. The van der Waals surface area contributed by atoms with Gasteiger partial charge in [-0.15, -0.1) is 5.10 Å². The standard InChI is InChI=1S/C21H22N4S/c1-2-3-4-9-20-23-21(25-24-20)26-15-16-10-12-17(13-11-16)19-8-6-5-7-18(19)14-22/h5-8,10-13H,2-4,9,15H2,1H3,(H,23,24,25). The number of nitrogens with one attached hydrogen (secondary N) is 1. The van der Waals surface area contributed by atoms with E-state index in [1.807, 2.05) is 24.3 Å². The lowest BCUT2D eigenvalue weighted by Crippen LogP contribution is -1.88. The second kappa shape index (κ2) is 9.21. The Morgan fingerprint density at radius 1 is 1.08 bits per heavy atom. The molecule has 0 aliphatic carbocycles. The van der Waals surface area contributed by atoms with Crippen molar-refractivity contribution in [3.63, 3.8) is 0 Å². The van der Waals surface area contributed by atoms with Crippen molar-refractivity contribution in [1.82, 2.24) is 15.2 Å². The number of aromatic amines is 1. The van der Waals surface area contributed by atoms with Gasteiger partial charge in [-0.2, -0.15) is 5.26 Å². The van der Waals surface area contributed by atoms with Crippen molar-refractivity contribution in [2.45, 2.75) is 43.5 Å². The molecule has 0 unspecified atom stereocenters. The number of hydrogen-bond acceptors (Lipinski definition) is 4. The van der Waals surface area contributed by atoms with Crippen LogP contribution in [0.4, 0.5) is 0 Å². The second-order valence-electron chi connectivity index (χ2n) is 6.16. The van der Waals surface area contributed by atoms with Crippen LogP contribution in [0.5, 0.6) is 0 Å². The van der Waals surface area contributed by atoms with Gasteiger partial charge in [-0.1, -0.05) is 74.0 Å². The van der Waals surface area contributed by atoms with Gasteiger partial charge in [-0.05, 0) is 29.2 Å². The van der Waals surface area contributed by atoms with E-state index in [-0.39, 0.29) is 0 Å². The van der Waals surface area contributed by atoms with E-state index >= 15 is 0 Å². The Morgan fingerprint density at radius 2 is 1.88 bits per heavy atom. The van der Waals surface area contributed by atoms with Gasteiger partial charge in [-0.3, -0.25) is 5.10 Å². The summed E-state index contributed by atoms with van der Waals surface area (Å²) in [5.74, 6) is 1.80. The second-order valence-corrected chi connectivity index (χ2v) is 7.11. The Bertz CT molecular complexity index is 878. The van der Waals surface area contributed by atoms with Gasteiger partial charge in [-0.25, -0.2) is 4.98 Å². The first-order chi connectivity index (χ1) is 12.8. The molecule has 0 saturated carbocycles. The van der Waals surface area contributed by atoms with Crippen LogP contribution in [-0.2, 0) is 12.2 Å². The van der Waals surface area contributed by atoms with Gasteiger partial charge in [0.25, 0.3) is 0 Å². The minimum atomic E-state index is 0.700. The Kier molecular flexibility index (Phi) is 6.45. The van der Waals surface area contributed by atoms with E-state index in [2.05, 4.69) is 52.4 Å². The maximum Gasteiger partial charge on any atom is 0.208 e. The van der Waals surface area contributed by atoms with Crippen LogP contribution in [0.15, 0.2) is 53.7 Å². The molecule has 0 aliphatic rings. The van der Waals surface area contributed by atoms with Crippen molar-refractivity contribution in [2.24, 2.45) is 0 Å². The van der Waals surface area contributed by atoms with Crippen LogP contribution in [0.25, 0.3) is 11.1 Å². The fourth-order valence-electron chi connectivity index (χ4n) is 2.76. The molecule has 26 heavy (non-hydrogen) atoms. The maximum absolute atomic E-state index is 9.24. The molecule has 132 valence electrons. The number of thioether (sulfide) groups is 1. The number of H-pyrrole nitrogens is 1. The van der Waals surface area contributed by atoms with Crippen LogP contribution < -0.4 is 0 Å². The van der Waals surface area contributed by atoms with Gasteiger partial charge in [0.1, 0.15) is 5.82 Å². The summed E-state index contributed by atoms with van der Waals surface area (Å²) < 4.78 is 0. The summed E-state index contributed by atoms with van der Waals surface area (Å²) in [7, 11) is 0. The van der Waals surface area contributed by atoms with Crippen LogP contribution in [0.3, 0.4) is 0 Å². The molecular weight excluding hydrogens is 340 g/mol. The lowest BCUT2D eigenvalue weighted by atomic mass is 10.00. The molecule has 3 rings (SSSR count). The first-order valence-corrected chi connectivity index (χ1v) is 9.91. The molecule has 0 spiro atoms. The number of nitrogens with zero attached hydrogens (tertiary/aromatic N) is 3. The molecule has 5 heteroatoms. The van der Waals surface area contributed by atoms with Crippen molar-refractivity contribution in [3.05, 3.63) is 65.5 Å². The molecule has 0 aliphatic heterocycles. The highest BCUT2D eigenvalue weighted by Crippen LogP contribution is 2.25. The number of hydrogen-bond donors (Lipinski definition) is 1. The summed E-state index contributed by atoms with van der Waals surface area (Å²) >= 11 is 1.64. The van der Waals surface area contributed by atoms with Crippen molar-refractivity contribution in [3.8, 4) is 17.2 Å². The zero-order valence-electron chi connectivity index (χ0n) is 14.9. The largest absolute Gasteiger partial charge is 0.262 e. The van der Waals surface area contributed by atoms with Crippen molar-refractivity contribution < 1.29 is 0 Å². The van der Waals surface area contributed by atoms with Crippen LogP contribution in [-0.4, -0.2) is 15.2 Å². The lowest BCUT2D eigenvalue weighted by molar-refractivity contribution is 0.695. The number of aromatic nitrogens is 3. The minimum Gasteiger partial charge on any atom is -0.262 e. The van der Waals surface area contributed by atoms with Crippen LogP contribution in [0.2, 0.25) is 0 Å². The monoisotopic (exact) mass is 362 g/mol. The molecule has 0 saturated heterocycles. The predicted molar refractivity (Wildman–Crippen MR) is 106 cm³/mol. The summed E-state index contributed by atoms with van der Waals surface area (Å²) in [5.41, 5.74) is 3.95. The van der Waals surface area contributed by atoms with E-state index in [0.717, 1.165) is 40.7 Å². The number of rotatable bonds is 8. The Morgan fingerprint density at radius 3 is 2.65 bits per heavy atom. The van der Waals surface area contributed by atoms with E-state index in [1.165, 1.54) is 18.4 Å². The van der Waals surface area contributed by atoms with Crippen LogP contribution >= 0.6 is 11.8 Å². The van der Waals surface area contributed by atoms with Crippen molar-refractivity contribution >= 4 is 11.8 Å². The van der Waals surface area contributed by atoms with E-state index in [0.29, 0.717) is 5.56 Å². The topological polar surface area (TPSA) is 65.4 Å². The third-order valence-corrected chi connectivity index (χ3v) is 5.13. The van der Waals surface area contributed by atoms with E-state index in [9.17, 15) is 5.26 Å². The molecular formula is C21H22N4S. The molecule has 0 fully saturated rings. The minimum absolute atomic E-state index is 0.700. The molecule has 4 nitrogen and oxygen atoms in total. The van der Waals surface area contributed by atoms with E-state index in [4.69, 9.17) is 0 Å². The summed E-state index contributed by atoms with van der Waals surface area (Å²) in [4.78, 5) is 4.55. The van der Waals surface area contributed by atoms with Gasteiger partial charge in [0.2, 0.25) is 5.16 Å². The van der Waals surface area contributed by atoms with Gasteiger partial charge in [0, 0.05) is 12.2 Å². The average molecular weight is 363 g/mol. The highest BCUT2D eigenvalue weighted by Gasteiger charge is 2.06. The highest BCUT2D eigenvalue weighted by atomic mass is 32.2. The Labute approximate surface area is 158 Å². The van der Waals surface area contributed by atoms with E-state index < -0.39 is 0 Å². The molecule has 2 aromatic carbocycles. The molecule has 1 heterocycles. The van der Waals surface area contributed by atoms with Gasteiger partial charge < -0.3 is 0 Å². The van der Waals surface area contributed by atoms with Gasteiger partial charge in [0.05, 0.1) is 11.6 Å². The maximum atomic E-state index is 9.24. The molecule has 0 amide bonds. The first kappa shape index (κ1) is 18.2. The first-order valence-electron chi connectivity index (χ1n) is 8.92. The summed E-state index contributed by atoms with van der Waals surface area (Å²) in [6.07, 6.45) is 4.56. The van der Waals surface area contributed by atoms with Gasteiger partial charge in [0.15, 0.2) is 0 Å². The number of unbranched alkanes of at least 4 members (excludes halogenated alkanes) is 2. The van der Waals surface area contributed by atoms with Crippen molar-refractivity contribution in [1.29, 1.82) is 5.26 Å². The van der Waals surface area contributed by atoms with Gasteiger partial charge >= 0.3 is 0 Å². The molecule has 0 bridgehead atoms. The fourth-order valence-corrected chi connectivity index (χ4v) is 3.53. The Balaban J connectivity index is 1.59. The fraction of sp³-hybridized carbons (Fsp3) is 0.286. The smallest absolute Gasteiger partial charge is 0.208 e. The van der Waals surface area contributed by atoms with Crippen molar-refractivity contribution in [2.75, 3.05) is 0 Å². The zero-order valence-corrected chi connectivity index (χ0v) is 15.7. The van der Waals surface area contributed by atoms with Crippen LogP contribution in [0, 0.1) is 11.3 Å². The Hall–Kier alpha value is -2.58. The molecule has 0 radical (unpaired) electrons. The summed E-state index contributed by atoms with van der Waals surface area (Å²) in [6, 6.07) is 18.3. The number of aryl methyl sites for hydroxylation is 1. The quantitative estimate of drug-likeness (QED) is 0.432. The normalized spacial score (nSPS) is 10.6. The number of nitriles is 1. The summed E-state index contributed by atoms with van der Waals surface area (Å²) in [6.45, 7) is 2.20. The lowest BCUT2D eigenvalue weighted by Gasteiger charge is -2.05. The molecule has 1 aromatic heterocycles. The van der Waals surface area contributed by atoms with E-state index in [1.54, 1.807) is 11.8 Å². The average Bonchev–Trinajstić information content (AvgIpc) is 3.15. The zero-order chi connectivity index (χ0) is 18.2. The molecule has 1 N–H and O–H groups in total. The summed E-state index contributed by atoms with van der Waals surface area (Å²) in [5, 5.41) is 17.4. The predicted octanol–water partition coefficient (Wildman–Crippen LogP) is 5.37.